The van der Waals surface area contributed by atoms with Crippen LogP contribution in [0.15, 0.2) is 60.7 Å². The van der Waals surface area contributed by atoms with Gasteiger partial charge in [0.25, 0.3) is 0 Å². The minimum Gasteiger partial charge on any atom is -0.327 e. The normalized spacial score (nSPS) is 17.4. The Hall–Kier alpha value is -4.21. The second-order valence-electron chi connectivity index (χ2n) is 8.57. The van der Waals surface area contributed by atoms with E-state index in [1.54, 1.807) is 33.7 Å². The fraction of sp³-hybridized carbons (Fsp3) is 0.192. The number of halogens is 4. The Kier molecular flexibility index (Phi) is 5.95. The van der Waals surface area contributed by atoms with Gasteiger partial charge in [0.2, 0.25) is 11.8 Å². The molecule has 6 nitrogen and oxygen atoms in total. The summed E-state index contributed by atoms with van der Waals surface area (Å²) >= 11 is 0. The van der Waals surface area contributed by atoms with Crippen molar-refractivity contribution in [3.63, 3.8) is 0 Å². The van der Waals surface area contributed by atoms with E-state index in [2.05, 4.69) is 4.98 Å². The summed E-state index contributed by atoms with van der Waals surface area (Å²) in [5.74, 6) is -7.61. The van der Waals surface area contributed by atoms with Gasteiger partial charge in [-0.15, -0.1) is 0 Å². The van der Waals surface area contributed by atoms with Crippen LogP contribution in [0.4, 0.5) is 23.2 Å². The maximum absolute atomic E-state index is 14.1. The third kappa shape index (κ3) is 3.98. The summed E-state index contributed by atoms with van der Waals surface area (Å²) in [5, 5.41) is 1.90. The van der Waals surface area contributed by atoms with Crippen molar-refractivity contribution >= 4 is 28.5 Å². The Morgan fingerprint density at radius 2 is 1.61 bits per heavy atom. The summed E-state index contributed by atoms with van der Waals surface area (Å²) in [5.41, 5.74) is 0.846. The van der Waals surface area contributed by atoms with Gasteiger partial charge in [0.1, 0.15) is 17.6 Å². The SMILES string of the molecule is CC1c2nc3ccccc3n2C(CC(=O)Nc2c(F)c(F)cc(F)c2F)C(=O)N1Cc1ccccc1. The molecule has 0 bridgehead atoms. The lowest BCUT2D eigenvalue weighted by atomic mass is 10.0. The lowest BCUT2D eigenvalue weighted by Crippen LogP contribution is -2.45. The molecule has 36 heavy (non-hydrogen) atoms. The maximum atomic E-state index is 14.1. The minimum absolute atomic E-state index is 0.0533. The van der Waals surface area contributed by atoms with Crippen molar-refractivity contribution in [2.75, 3.05) is 5.32 Å². The van der Waals surface area contributed by atoms with Gasteiger partial charge < -0.3 is 14.8 Å². The first-order valence-corrected chi connectivity index (χ1v) is 11.2. The van der Waals surface area contributed by atoms with E-state index in [9.17, 15) is 27.2 Å². The highest BCUT2D eigenvalue weighted by Crippen LogP contribution is 2.37. The molecule has 184 valence electrons. The van der Waals surface area contributed by atoms with Gasteiger partial charge in [-0.2, -0.15) is 0 Å². The fourth-order valence-corrected chi connectivity index (χ4v) is 4.54. The molecule has 1 aromatic heterocycles. The topological polar surface area (TPSA) is 67.2 Å². The second kappa shape index (κ2) is 9.10. The molecule has 0 spiro atoms. The van der Waals surface area contributed by atoms with Gasteiger partial charge in [-0.05, 0) is 24.6 Å². The molecule has 0 fully saturated rings. The largest absolute Gasteiger partial charge is 0.327 e. The van der Waals surface area contributed by atoms with Crippen molar-refractivity contribution in [1.82, 2.24) is 14.5 Å². The first kappa shape index (κ1) is 23.5. The lowest BCUT2D eigenvalue weighted by molar-refractivity contribution is -0.142. The van der Waals surface area contributed by atoms with Crippen molar-refractivity contribution in [1.29, 1.82) is 0 Å². The minimum atomic E-state index is -1.73. The van der Waals surface area contributed by atoms with Gasteiger partial charge in [0.15, 0.2) is 23.3 Å². The Balaban J connectivity index is 1.53. The Bertz CT molecular complexity index is 1460. The van der Waals surface area contributed by atoms with E-state index in [1.807, 2.05) is 42.6 Å². The van der Waals surface area contributed by atoms with E-state index in [-0.39, 0.29) is 12.6 Å². The van der Waals surface area contributed by atoms with Crippen LogP contribution in [-0.2, 0) is 16.1 Å². The molecule has 2 unspecified atom stereocenters. The van der Waals surface area contributed by atoms with Crippen molar-refractivity contribution in [3.05, 3.63) is 95.3 Å². The molecule has 4 aromatic rings. The first-order valence-electron chi connectivity index (χ1n) is 11.2. The van der Waals surface area contributed by atoms with Crippen molar-refractivity contribution in [3.8, 4) is 0 Å². The fourth-order valence-electron chi connectivity index (χ4n) is 4.54. The number of fused-ring (bicyclic) bond motifs is 3. The van der Waals surface area contributed by atoms with E-state index < -0.39 is 59.3 Å². The zero-order valence-corrected chi connectivity index (χ0v) is 19.0. The summed E-state index contributed by atoms with van der Waals surface area (Å²) in [6, 6.07) is 14.9. The predicted octanol–water partition coefficient (Wildman–Crippen LogP) is 5.27. The average Bonchev–Trinajstić information content (AvgIpc) is 3.26. The summed E-state index contributed by atoms with van der Waals surface area (Å²) in [7, 11) is 0. The number of imidazole rings is 1. The number of anilines is 1. The summed E-state index contributed by atoms with van der Waals surface area (Å²) in [6.07, 6.45) is -0.540. The molecule has 1 aliphatic heterocycles. The highest BCUT2D eigenvalue weighted by molar-refractivity contribution is 5.96. The maximum Gasteiger partial charge on any atom is 0.247 e. The molecule has 0 saturated carbocycles. The van der Waals surface area contributed by atoms with E-state index in [4.69, 9.17) is 0 Å². The molecule has 10 heteroatoms. The number of aromatic nitrogens is 2. The number of hydrogen-bond acceptors (Lipinski definition) is 3. The third-order valence-corrected chi connectivity index (χ3v) is 6.29. The summed E-state index contributed by atoms with van der Waals surface area (Å²) in [6.45, 7) is 2.08. The Labute approximate surface area is 203 Å². The van der Waals surface area contributed by atoms with E-state index in [1.165, 1.54) is 0 Å². The van der Waals surface area contributed by atoms with Crippen molar-refractivity contribution in [2.24, 2.45) is 0 Å². The van der Waals surface area contributed by atoms with Crippen LogP contribution in [0.25, 0.3) is 11.0 Å². The smallest absolute Gasteiger partial charge is 0.247 e. The number of nitrogens with zero attached hydrogens (tertiary/aromatic N) is 3. The molecule has 1 N–H and O–H groups in total. The molecule has 0 radical (unpaired) electrons. The van der Waals surface area contributed by atoms with Gasteiger partial charge in [-0.25, -0.2) is 22.5 Å². The Morgan fingerprint density at radius 1 is 0.972 bits per heavy atom. The quantitative estimate of drug-likeness (QED) is 0.303. The van der Waals surface area contributed by atoms with Crippen LogP contribution >= 0.6 is 0 Å². The van der Waals surface area contributed by atoms with Crippen LogP contribution in [0.3, 0.4) is 0 Å². The number of carbonyl (C=O) groups is 2. The number of hydrogen-bond donors (Lipinski definition) is 1. The van der Waals surface area contributed by atoms with E-state index >= 15 is 0 Å². The highest BCUT2D eigenvalue weighted by atomic mass is 19.2. The molecule has 2 heterocycles. The van der Waals surface area contributed by atoms with Gasteiger partial charge in [-0.3, -0.25) is 9.59 Å². The molecule has 5 rings (SSSR count). The predicted molar refractivity (Wildman–Crippen MR) is 124 cm³/mol. The second-order valence-corrected chi connectivity index (χ2v) is 8.57. The van der Waals surface area contributed by atoms with Gasteiger partial charge in [0, 0.05) is 12.6 Å². The number of amides is 2. The third-order valence-electron chi connectivity index (χ3n) is 6.29. The molecule has 0 aliphatic carbocycles. The van der Waals surface area contributed by atoms with Crippen molar-refractivity contribution in [2.45, 2.75) is 32.0 Å². The van der Waals surface area contributed by atoms with Crippen LogP contribution in [-0.4, -0.2) is 26.3 Å². The lowest BCUT2D eigenvalue weighted by Gasteiger charge is -2.38. The van der Waals surface area contributed by atoms with Gasteiger partial charge in [0.05, 0.1) is 23.5 Å². The van der Waals surface area contributed by atoms with E-state index in [0.717, 1.165) is 5.56 Å². The first-order chi connectivity index (χ1) is 17.3. The van der Waals surface area contributed by atoms with Gasteiger partial charge >= 0.3 is 0 Å². The van der Waals surface area contributed by atoms with Crippen LogP contribution in [0.2, 0.25) is 0 Å². The Morgan fingerprint density at radius 3 is 2.31 bits per heavy atom. The molecule has 1 aliphatic rings. The molecule has 2 amide bonds. The number of rotatable bonds is 5. The molecular formula is C26H20F4N4O2. The van der Waals surface area contributed by atoms with Crippen LogP contribution < -0.4 is 5.32 Å². The molecule has 3 aromatic carbocycles. The van der Waals surface area contributed by atoms with Crippen LogP contribution in [0, 0.1) is 23.3 Å². The number of para-hydroxylation sites is 2. The number of benzene rings is 3. The van der Waals surface area contributed by atoms with E-state index in [0.29, 0.717) is 16.9 Å². The highest BCUT2D eigenvalue weighted by Gasteiger charge is 2.40. The zero-order chi connectivity index (χ0) is 25.6. The number of nitrogens with one attached hydrogen (secondary N) is 1. The molecule has 2 atom stereocenters. The summed E-state index contributed by atoms with van der Waals surface area (Å²) < 4.78 is 57.1. The van der Waals surface area contributed by atoms with Crippen LogP contribution in [0.1, 0.15) is 36.8 Å². The van der Waals surface area contributed by atoms with Gasteiger partial charge in [-0.1, -0.05) is 42.5 Å². The van der Waals surface area contributed by atoms with Crippen LogP contribution in [0.5, 0.6) is 0 Å². The standard InChI is InChI=1S/C26H20F4N4O2/c1-14-25-31-18-9-5-6-10-19(18)34(25)20(26(36)33(14)13-15-7-3-2-4-8-15)12-21(35)32-24-22(29)16(27)11-17(28)23(24)30/h2-11,14,20H,12-13H2,1H3,(H,32,35). The average molecular weight is 496 g/mol. The molecular weight excluding hydrogens is 476 g/mol. The zero-order valence-electron chi connectivity index (χ0n) is 19.0. The monoisotopic (exact) mass is 496 g/mol. The van der Waals surface area contributed by atoms with Crippen molar-refractivity contribution < 1.29 is 27.2 Å². The number of carbonyl (C=O) groups excluding carboxylic acids is 2. The summed E-state index contributed by atoms with van der Waals surface area (Å²) in [4.78, 5) is 32.8. The molecule has 0 saturated heterocycles.